The Morgan fingerprint density at radius 1 is 1.00 bits per heavy atom. The van der Waals surface area contributed by atoms with E-state index in [-0.39, 0.29) is 0 Å². The fourth-order valence-corrected chi connectivity index (χ4v) is 1.48. The van der Waals surface area contributed by atoms with Crippen molar-refractivity contribution in [2.24, 2.45) is 22.5 Å². The van der Waals surface area contributed by atoms with E-state index in [1.54, 1.807) is 0 Å². The highest BCUT2D eigenvalue weighted by Crippen LogP contribution is 2.34. The van der Waals surface area contributed by atoms with Gasteiger partial charge < -0.3 is 5.73 Å². The Kier molecular flexibility index (Phi) is 3.77. The average Bonchev–Trinajstić information content (AvgIpc) is 1.78. The molecule has 0 bridgehead atoms. The summed E-state index contributed by atoms with van der Waals surface area (Å²) in [5.74, 6) is 0.637. The maximum atomic E-state index is 5.77. The number of nitrogens with two attached hydrogens (primary N) is 1. The molecule has 0 heterocycles. The molecule has 1 nitrogen and oxygen atoms in total. The van der Waals surface area contributed by atoms with Crippen LogP contribution in [-0.4, -0.2) is 6.54 Å². The first-order valence-corrected chi connectivity index (χ1v) is 4.87. The van der Waals surface area contributed by atoms with Crippen LogP contribution in [0.25, 0.3) is 0 Å². The summed E-state index contributed by atoms with van der Waals surface area (Å²) in [6, 6.07) is 0. The zero-order chi connectivity index (χ0) is 9.99. The molecule has 1 unspecified atom stereocenters. The van der Waals surface area contributed by atoms with Crippen LogP contribution in [0.15, 0.2) is 0 Å². The Morgan fingerprint density at radius 2 is 1.42 bits per heavy atom. The van der Waals surface area contributed by atoms with E-state index < -0.39 is 0 Å². The molecule has 0 radical (unpaired) electrons. The normalized spacial score (nSPS) is 16.2. The van der Waals surface area contributed by atoms with Crippen molar-refractivity contribution in [3.63, 3.8) is 0 Å². The predicted octanol–water partition coefficient (Wildman–Crippen LogP) is 3.04. The average molecular weight is 171 g/mol. The molecule has 0 aliphatic rings. The lowest BCUT2D eigenvalue weighted by Gasteiger charge is -2.34. The predicted molar refractivity (Wildman–Crippen MR) is 56.1 cm³/mol. The Labute approximate surface area is 77.7 Å². The molecule has 0 spiro atoms. The maximum Gasteiger partial charge on any atom is -0.00437 e. The van der Waals surface area contributed by atoms with Crippen LogP contribution in [0.4, 0.5) is 0 Å². The minimum atomic E-state index is 0.349. The highest BCUT2D eigenvalue weighted by atomic mass is 14.6. The van der Waals surface area contributed by atoms with Crippen molar-refractivity contribution in [2.75, 3.05) is 6.54 Å². The van der Waals surface area contributed by atoms with Crippen LogP contribution in [0, 0.1) is 16.7 Å². The van der Waals surface area contributed by atoms with Gasteiger partial charge in [-0.1, -0.05) is 41.5 Å². The van der Waals surface area contributed by atoms with E-state index in [0.29, 0.717) is 16.7 Å². The fraction of sp³-hybridized carbons (Fsp3) is 1.00. The highest BCUT2D eigenvalue weighted by Gasteiger charge is 2.27. The van der Waals surface area contributed by atoms with E-state index in [1.807, 2.05) is 0 Å². The van der Waals surface area contributed by atoms with Gasteiger partial charge in [-0.3, -0.25) is 0 Å². The standard InChI is InChI=1S/C11H25N/c1-10(2,3)7-9(8-12)11(4,5)6/h9H,7-8,12H2,1-6H3. The Hall–Kier alpha value is -0.0400. The molecule has 0 aromatic heterocycles. The quantitative estimate of drug-likeness (QED) is 0.679. The molecular weight excluding hydrogens is 146 g/mol. The zero-order valence-corrected chi connectivity index (χ0v) is 9.57. The third kappa shape index (κ3) is 4.76. The summed E-state index contributed by atoms with van der Waals surface area (Å²) >= 11 is 0. The van der Waals surface area contributed by atoms with Crippen LogP contribution in [0.5, 0.6) is 0 Å². The van der Waals surface area contributed by atoms with Crippen LogP contribution >= 0.6 is 0 Å². The smallest absolute Gasteiger partial charge is 0.00437 e. The first-order chi connectivity index (χ1) is 5.17. The van der Waals surface area contributed by atoms with Crippen LogP contribution in [0.2, 0.25) is 0 Å². The van der Waals surface area contributed by atoms with E-state index in [2.05, 4.69) is 41.5 Å². The van der Waals surface area contributed by atoms with Gasteiger partial charge in [0.05, 0.1) is 0 Å². The third-order valence-corrected chi connectivity index (χ3v) is 2.37. The van der Waals surface area contributed by atoms with Crippen molar-refractivity contribution in [2.45, 2.75) is 48.0 Å². The van der Waals surface area contributed by atoms with Gasteiger partial charge >= 0.3 is 0 Å². The summed E-state index contributed by atoms with van der Waals surface area (Å²) in [7, 11) is 0. The summed E-state index contributed by atoms with van der Waals surface area (Å²) in [5.41, 5.74) is 6.52. The second-order valence-electron chi connectivity index (χ2n) is 6.06. The molecule has 0 amide bonds. The van der Waals surface area contributed by atoms with Crippen molar-refractivity contribution in [1.29, 1.82) is 0 Å². The van der Waals surface area contributed by atoms with Gasteiger partial charge in [0.1, 0.15) is 0 Å². The summed E-state index contributed by atoms with van der Waals surface area (Å²) in [6.45, 7) is 14.5. The molecule has 2 N–H and O–H groups in total. The van der Waals surface area contributed by atoms with Crippen molar-refractivity contribution in [1.82, 2.24) is 0 Å². The van der Waals surface area contributed by atoms with E-state index in [9.17, 15) is 0 Å². The largest absolute Gasteiger partial charge is 0.330 e. The van der Waals surface area contributed by atoms with Crippen molar-refractivity contribution in [3.05, 3.63) is 0 Å². The number of hydrogen-bond donors (Lipinski definition) is 1. The van der Waals surface area contributed by atoms with Gasteiger partial charge in [0.2, 0.25) is 0 Å². The van der Waals surface area contributed by atoms with Crippen LogP contribution in [0.1, 0.15) is 48.0 Å². The highest BCUT2D eigenvalue weighted by molar-refractivity contribution is 4.79. The maximum absolute atomic E-state index is 5.77. The SMILES string of the molecule is CC(C)(C)CC(CN)C(C)(C)C. The second-order valence-corrected chi connectivity index (χ2v) is 6.06. The Balaban J connectivity index is 4.20. The van der Waals surface area contributed by atoms with Gasteiger partial charge in [-0.05, 0) is 29.7 Å². The van der Waals surface area contributed by atoms with Crippen LogP contribution < -0.4 is 5.73 Å². The zero-order valence-electron chi connectivity index (χ0n) is 9.57. The first kappa shape index (κ1) is 12.0. The number of rotatable bonds is 2. The van der Waals surface area contributed by atoms with Crippen molar-refractivity contribution < 1.29 is 0 Å². The lowest BCUT2D eigenvalue weighted by atomic mass is 9.72. The van der Waals surface area contributed by atoms with Gasteiger partial charge in [-0.15, -0.1) is 0 Å². The van der Waals surface area contributed by atoms with E-state index in [4.69, 9.17) is 5.73 Å². The summed E-state index contributed by atoms with van der Waals surface area (Å²) in [4.78, 5) is 0. The Bertz CT molecular complexity index is 125. The lowest BCUT2D eigenvalue weighted by molar-refractivity contribution is 0.172. The molecule has 1 heteroatoms. The van der Waals surface area contributed by atoms with Crippen molar-refractivity contribution >= 4 is 0 Å². The molecule has 1 atom stereocenters. The molecule has 0 fully saturated rings. The molecule has 0 saturated heterocycles. The molecule has 0 aromatic rings. The van der Waals surface area contributed by atoms with E-state index in [1.165, 1.54) is 6.42 Å². The van der Waals surface area contributed by atoms with E-state index in [0.717, 1.165) is 6.54 Å². The van der Waals surface area contributed by atoms with Gasteiger partial charge in [-0.25, -0.2) is 0 Å². The first-order valence-electron chi connectivity index (χ1n) is 4.87. The summed E-state index contributed by atoms with van der Waals surface area (Å²) in [5, 5.41) is 0. The monoisotopic (exact) mass is 171 g/mol. The molecule has 0 aliphatic carbocycles. The number of hydrogen-bond acceptors (Lipinski definition) is 1. The Morgan fingerprint density at radius 3 is 1.50 bits per heavy atom. The summed E-state index contributed by atoms with van der Waals surface area (Å²) in [6.07, 6.45) is 1.22. The molecule has 74 valence electrons. The lowest BCUT2D eigenvalue weighted by Crippen LogP contribution is -2.31. The topological polar surface area (TPSA) is 26.0 Å². The minimum Gasteiger partial charge on any atom is -0.330 e. The van der Waals surface area contributed by atoms with Gasteiger partial charge in [-0.2, -0.15) is 0 Å². The van der Waals surface area contributed by atoms with Gasteiger partial charge in [0.15, 0.2) is 0 Å². The van der Waals surface area contributed by atoms with E-state index >= 15 is 0 Å². The molecule has 0 aliphatic heterocycles. The second kappa shape index (κ2) is 3.78. The van der Waals surface area contributed by atoms with Crippen LogP contribution in [-0.2, 0) is 0 Å². The van der Waals surface area contributed by atoms with Gasteiger partial charge in [0, 0.05) is 0 Å². The van der Waals surface area contributed by atoms with Gasteiger partial charge in [0.25, 0.3) is 0 Å². The molecule has 0 rings (SSSR count). The van der Waals surface area contributed by atoms with Crippen LogP contribution in [0.3, 0.4) is 0 Å². The fourth-order valence-electron chi connectivity index (χ4n) is 1.48. The third-order valence-electron chi connectivity index (χ3n) is 2.37. The molecular formula is C11H25N. The van der Waals surface area contributed by atoms with Crippen molar-refractivity contribution in [3.8, 4) is 0 Å². The molecule has 0 aromatic carbocycles. The summed E-state index contributed by atoms with van der Waals surface area (Å²) < 4.78 is 0. The minimum absolute atomic E-state index is 0.349. The molecule has 12 heavy (non-hydrogen) atoms. The molecule has 0 saturated carbocycles.